The molecule has 2 aromatic carbocycles. The Morgan fingerprint density at radius 3 is 2.67 bits per heavy atom. The lowest BCUT2D eigenvalue weighted by atomic mass is 10.2. The van der Waals surface area contributed by atoms with Gasteiger partial charge in [-0.1, -0.05) is 35.5 Å². The molecule has 1 aromatic heterocycles. The van der Waals surface area contributed by atoms with E-state index < -0.39 is 16.9 Å². The molecular weight excluding hydrogens is 396 g/mol. The summed E-state index contributed by atoms with van der Waals surface area (Å²) in [4.78, 5) is 12.3. The van der Waals surface area contributed by atoms with Crippen LogP contribution in [-0.2, 0) is 4.79 Å². The molecule has 0 saturated carbocycles. The zero-order valence-electron chi connectivity index (χ0n) is 14.0. The van der Waals surface area contributed by atoms with Crippen molar-refractivity contribution < 1.29 is 13.6 Å². The lowest BCUT2D eigenvalue weighted by molar-refractivity contribution is -0.115. The number of amides is 1. The molecule has 0 fully saturated rings. The number of hydrogen-bond acceptors (Lipinski definition) is 5. The summed E-state index contributed by atoms with van der Waals surface area (Å²) in [5.41, 5.74) is 0.567. The number of nitrogens with two attached hydrogens (primary N) is 1. The van der Waals surface area contributed by atoms with E-state index in [0.717, 1.165) is 22.5 Å². The number of carbonyl (C=O) groups excluding carboxylic acids is 1. The molecule has 1 atom stereocenters. The van der Waals surface area contributed by atoms with Crippen molar-refractivity contribution in [3.05, 3.63) is 59.1 Å². The maximum atomic E-state index is 13.9. The zero-order chi connectivity index (χ0) is 19.6. The number of thioether (sulfide) groups is 1. The molecule has 27 heavy (non-hydrogen) atoms. The van der Waals surface area contributed by atoms with Gasteiger partial charge in [0.15, 0.2) is 5.82 Å². The van der Waals surface area contributed by atoms with E-state index in [1.165, 1.54) is 24.3 Å². The van der Waals surface area contributed by atoms with Crippen LogP contribution in [0.15, 0.2) is 47.6 Å². The molecule has 3 rings (SSSR count). The minimum atomic E-state index is -0.603. The number of anilines is 1. The van der Waals surface area contributed by atoms with Crippen molar-refractivity contribution in [2.24, 2.45) is 0 Å². The van der Waals surface area contributed by atoms with Crippen molar-refractivity contribution in [2.75, 3.05) is 11.2 Å². The summed E-state index contributed by atoms with van der Waals surface area (Å²) in [6, 6.07) is 9.91. The summed E-state index contributed by atoms with van der Waals surface area (Å²) in [5.74, 6) is 4.68. The third-order valence-electron chi connectivity index (χ3n) is 3.62. The first-order valence-electron chi connectivity index (χ1n) is 7.74. The molecule has 0 spiro atoms. The number of nitrogens with one attached hydrogen (secondary N) is 1. The lowest BCUT2D eigenvalue weighted by Gasteiger charge is -2.12. The smallest absolute Gasteiger partial charge is 0.237 e. The standard InChI is InChI=1S/C17H14ClF2N5OS/c1-9(16(26)22-10-6-7-14(20)12(18)8-10)27-17-24-23-15(25(17)21)11-4-2-3-5-13(11)19/h2-9H,21H2,1H3,(H,22,26)/t9-/m1/s1. The number of nitrogens with zero attached hydrogens (tertiary/aromatic N) is 3. The number of nitrogen functional groups attached to an aromatic ring is 1. The Morgan fingerprint density at radius 2 is 1.96 bits per heavy atom. The molecule has 0 unspecified atom stereocenters. The van der Waals surface area contributed by atoms with Gasteiger partial charge >= 0.3 is 0 Å². The minimum absolute atomic E-state index is 0.0932. The van der Waals surface area contributed by atoms with Gasteiger partial charge in [0.05, 0.1) is 15.8 Å². The molecule has 0 aliphatic carbocycles. The number of halogens is 3. The van der Waals surface area contributed by atoms with Crippen LogP contribution in [0.25, 0.3) is 11.4 Å². The Labute approximate surface area is 162 Å². The molecule has 0 aliphatic heterocycles. The molecule has 0 saturated heterocycles. The van der Waals surface area contributed by atoms with Crippen LogP contribution >= 0.6 is 23.4 Å². The highest BCUT2D eigenvalue weighted by Crippen LogP contribution is 2.27. The van der Waals surface area contributed by atoms with Crippen LogP contribution in [-0.4, -0.2) is 26.0 Å². The van der Waals surface area contributed by atoms with Gasteiger partial charge in [-0.25, -0.2) is 13.5 Å². The van der Waals surface area contributed by atoms with E-state index in [1.54, 1.807) is 19.1 Å². The SMILES string of the molecule is C[C@@H](Sc1nnc(-c2ccccc2F)n1N)C(=O)Nc1ccc(F)c(Cl)c1. The lowest BCUT2D eigenvalue weighted by Crippen LogP contribution is -2.23. The van der Waals surface area contributed by atoms with E-state index in [2.05, 4.69) is 15.5 Å². The fraction of sp³-hybridized carbons (Fsp3) is 0.118. The number of benzene rings is 2. The van der Waals surface area contributed by atoms with Crippen LogP contribution in [0.5, 0.6) is 0 Å². The topological polar surface area (TPSA) is 85.8 Å². The molecule has 0 radical (unpaired) electrons. The first-order valence-corrected chi connectivity index (χ1v) is 9.00. The summed E-state index contributed by atoms with van der Waals surface area (Å²) < 4.78 is 28.2. The van der Waals surface area contributed by atoms with Gasteiger partial charge < -0.3 is 11.2 Å². The van der Waals surface area contributed by atoms with Gasteiger partial charge in [-0.05, 0) is 37.3 Å². The molecule has 140 valence electrons. The highest BCUT2D eigenvalue weighted by Gasteiger charge is 2.21. The summed E-state index contributed by atoms with van der Waals surface area (Å²) in [6.07, 6.45) is 0. The normalized spacial score (nSPS) is 12.0. The average molecular weight is 410 g/mol. The molecule has 0 aliphatic rings. The van der Waals surface area contributed by atoms with Crippen molar-refractivity contribution in [2.45, 2.75) is 17.3 Å². The van der Waals surface area contributed by atoms with Crippen LogP contribution in [0.4, 0.5) is 14.5 Å². The predicted molar refractivity (Wildman–Crippen MR) is 101 cm³/mol. The Balaban J connectivity index is 1.72. The summed E-state index contributed by atoms with van der Waals surface area (Å²) in [6.45, 7) is 1.64. The van der Waals surface area contributed by atoms with E-state index >= 15 is 0 Å². The number of rotatable bonds is 5. The Bertz CT molecular complexity index is 997. The van der Waals surface area contributed by atoms with Gasteiger partial charge in [-0.2, -0.15) is 0 Å². The third-order valence-corrected chi connectivity index (χ3v) is 4.96. The Morgan fingerprint density at radius 1 is 1.22 bits per heavy atom. The molecule has 0 bridgehead atoms. The Kier molecular flexibility index (Phi) is 5.62. The number of aromatic nitrogens is 3. The van der Waals surface area contributed by atoms with E-state index in [0.29, 0.717) is 5.69 Å². The van der Waals surface area contributed by atoms with Gasteiger partial charge in [0.2, 0.25) is 11.1 Å². The molecular formula is C17H14ClF2N5OS. The van der Waals surface area contributed by atoms with E-state index in [-0.39, 0.29) is 27.5 Å². The van der Waals surface area contributed by atoms with Gasteiger partial charge in [-0.3, -0.25) is 4.79 Å². The molecule has 10 heteroatoms. The fourth-order valence-corrected chi connectivity index (χ4v) is 3.16. The average Bonchev–Trinajstić information content (AvgIpc) is 2.99. The molecule has 6 nitrogen and oxygen atoms in total. The summed E-state index contributed by atoms with van der Waals surface area (Å²) in [7, 11) is 0. The van der Waals surface area contributed by atoms with Gasteiger partial charge in [0.1, 0.15) is 11.6 Å². The van der Waals surface area contributed by atoms with Crippen LogP contribution in [0, 0.1) is 11.6 Å². The maximum Gasteiger partial charge on any atom is 0.237 e. The second-order valence-electron chi connectivity index (χ2n) is 5.53. The molecule has 3 N–H and O–H groups in total. The van der Waals surface area contributed by atoms with Crippen LogP contribution in [0.1, 0.15) is 6.92 Å². The van der Waals surface area contributed by atoms with Gasteiger partial charge in [0.25, 0.3) is 0 Å². The van der Waals surface area contributed by atoms with Crippen LogP contribution < -0.4 is 11.2 Å². The highest BCUT2D eigenvalue weighted by molar-refractivity contribution is 8.00. The van der Waals surface area contributed by atoms with Gasteiger partial charge in [0, 0.05) is 5.69 Å². The molecule has 1 amide bonds. The summed E-state index contributed by atoms with van der Waals surface area (Å²) in [5, 5.41) is 10.00. The van der Waals surface area contributed by atoms with E-state index in [1.807, 2.05) is 0 Å². The van der Waals surface area contributed by atoms with Crippen molar-refractivity contribution in [3.8, 4) is 11.4 Å². The Hall–Kier alpha value is -2.65. The van der Waals surface area contributed by atoms with Gasteiger partial charge in [-0.15, -0.1) is 10.2 Å². The fourth-order valence-electron chi connectivity index (χ4n) is 2.21. The van der Waals surface area contributed by atoms with Crippen LogP contribution in [0.3, 0.4) is 0 Å². The van der Waals surface area contributed by atoms with Crippen molar-refractivity contribution in [1.29, 1.82) is 0 Å². The second-order valence-corrected chi connectivity index (χ2v) is 7.25. The van der Waals surface area contributed by atoms with Crippen molar-refractivity contribution >= 4 is 35.0 Å². The summed E-state index contributed by atoms with van der Waals surface area (Å²) >= 11 is 6.75. The zero-order valence-corrected chi connectivity index (χ0v) is 15.6. The first kappa shape index (κ1) is 19.1. The van der Waals surface area contributed by atoms with Crippen molar-refractivity contribution in [3.63, 3.8) is 0 Å². The van der Waals surface area contributed by atoms with E-state index in [9.17, 15) is 13.6 Å². The minimum Gasteiger partial charge on any atom is -0.335 e. The molecule has 1 heterocycles. The quantitative estimate of drug-likeness (QED) is 0.495. The second kappa shape index (κ2) is 7.93. The third kappa shape index (κ3) is 4.20. The number of carbonyl (C=O) groups is 1. The molecule has 3 aromatic rings. The van der Waals surface area contributed by atoms with E-state index in [4.69, 9.17) is 17.4 Å². The van der Waals surface area contributed by atoms with Crippen LogP contribution in [0.2, 0.25) is 5.02 Å². The first-order chi connectivity index (χ1) is 12.9. The monoisotopic (exact) mass is 409 g/mol. The predicted octanol–water partition coefficient (Wildman–Crippen LogP) is 3.71. The number of hydrogen-bond donors (Lipinski definition) is 2. The largest absolute Gasteiger partial charge is 0.335 e. The maximum absolute atomic E-state index is 13.9. The van der Waals surface area contributed by atoms with Crippen molar-refractivity contribution in [1.82, 2.24) is 14.9 Å². The highest BCUT2D eigenvalue weighted by atomic mass is 35.5.